The first-order valence-corrected chi connectivity index (χ1v) is 62.5. The van der Waals surface area contributed by atoms with Crippen molar-refractivity contribution in [3.63, 3.8) is 0 Å². The number of hydrogen-bond donors (Lipinski definition) is 0. The lowest BCUT2D eigenvalue weighted by Gasteiger charge is -2.46. The van der Waals surface area contributed by atoms with Crippen molar-refractivity contribution in [1.82, 2.24) is 0 Å². The van der Waals surface area contributed by atoms with Crippen LogP contribution >= 0.6 is 0 Å². The van der Waals surface area contributed by atoms with Crippen LogP contribution in [0.5, 0.6) is 0 Å². The van der Waals surface area contributed by atoms with Crippen LogP contribution in [0.15, 0.2) is 12.2 Å². The largest absolute Gasteiger partial charge is 0.475 e. The molecule has 0 rings (SSSR count). The summed E-state index contributed by atoms with van der Waals surface area (Å²) in [5.41, 5.74) is 45.3. The first-order chi connectivity index (χ1) is 63.1. The van der Waals surface area contributed by atoms with Crippen LogP contribution in [-0.2, 0) is 42.5 Å². The zero-order chi connectivity index (χ0) is 97.3. The highest BCUT2D eigenvalue weighted by atomic mass is 28.5. The van der Waals surface area contributed by atoms with Gasteiger partial charge < -0.3 is 37.7 Å². The molecule has 0 aliphatic carbocycles. The second kappa shape index (κ2) is 67.2. The lowest BCUT2D eigenvalue weighted by molar-refractivity contribution is -0.139. The molecule has 604 valence electrons. The molecule has 0 amide bonds. The molecule has 0 unspecified atom stereocenters. The third-order valence-corrected chi connectivity index (χ3v) is 53.1. The van der Waals surface area contributed by atoms with E-state index in [-0.39, 0.29) is 30.7 Å². The highest BCUT2D eigenvalue weighted by molar-refractivity contribution is 7.08. The Morgan fingerprint density at radius 2 is 0.412 bits per heavy atom. The maximum atomic E-state index is 13.4. The fraction of sp³-hybridized carbons (Fsp3) is 0.147. The summed E-state index contributed by atoms with van der Waals surface area (Å²) in [5.74, 6) is 149. The summed E-state index contributed by atoms with van der Waals surface area (Å²) < 4.78 is 66.4. The molecule has 0 aromatic carbocycles. The number of carbonyl (C=O) groups is 1. The number of rotatable bonds is 30. The number of hydrogen-bond acceptors (Lipinski definition) is 10. The van der Waals surface area contributed by atoms with Crippen LogP contribution in [0.4, 0.5) is 0 Å². The molecule has 0 aromatic heterocycles. The summed E-state index contributed by atoms with van der Waals surface area (Å²) in [6, 6.07) is 0.666. The van der Waals surface area contributed by atoms with Gasteiger partial charge in [0.15, 0.2) is 25.0 Å². The zero-order valence-corrected chi connectivity index (χ0v) is 84.6. The van der Waals surface area contributed by atoms with Gasteiger partial charge in [0.2, 0.25) is 0 Å². The van der Waals surface area contributed by atoms with Crippen LogP contribution in [0.3, 0.4) is 0 Å². The number of esters is 1. The molecule has 131 heavy (non-hydrogen) atoms. The summed E-state index contributed by atoms with van der Waals surface area (Å²) >= 11 is 0. The molecule has 0 saturated heterocycles. The molecule has 0 bridgehead atoms. The highest BCUT2D eigenvalue weighted by Crippen LogP contribution is 2.38. The smallest absolute Gasteiger partial charge is 0.462 e. The van der Waals surface area contributed by atoms with E-state index in [2.05, 4.69) is 445 Å². The summed E-state index contributed by atoms with van der Waals surface area (Å²) in [4.78, 5) is 13.4. The molecule has 0 aromatic rings. The van der Waals surface area contributed by atoms with E-state index in [0.29, 0.717) is 24.2 Å². The van der Waals surface area contributed by atoms with Crippen molar-refractivity contribution in [2.45, 2.75) is 94.9 Å². The molecule has 0 aliphatic rings. The Morgan fingerprint density at radius 3 is 0.595 bits per heavy atom. The van der Waals surface area contributed by atoms with Crippen molar-refractivity contribution in [3.8, 4) is 535 Å². The molecule has 0 radical (unpaired) electrons. The Hall–Kier alpha value is -18.3. The van der Waals surface area contributed by atoms with Crippen molar-refractivity contribution in [1.29, 1.82) is 0 Å². The van der Waals surface area contributed by atoms with Crippen LogP contribution in [0, 0.1) is 535 Å². The van der Waals surface area contributed by atoms with Gasteiger partial charge in [-0.3, -0.25) is 0 Å². The van der Waals surface area contributed by atoms with Crippen molar-refractivity contribution in [2.24, 2.45) is 0 Å². The van der Waals surface area contributed by atoms with Gasteiger partial charge in [-0.2, -0.15) is 0 Å². The molecule has 0 heterocycles. The van der Waals surface area contributed by atoms with Gasteiger partial charge in [-0.05, 0) is 438 Å². The van der Waals surface area contributed by atoms with Crippen molar-refractivity contribution in [3.05, 3.63) is 12.2 Å². The predicted molar refractivity (Wildman–Crippen MR) is 548 cm³/mol. The molecule has 0 spiro atoms. The van der Waals surface area contributed by atoms with Crippen molar-refractivity contribution < 1.29 is 42.5 Å². The van der Waals surface area contributed by atoms with E-state index in [1.54, 1.807) is 0 Å². The lowest BCUT2D eigenvalue weighted by Crippen LogP contribution is -2.65. The minimum atomic E-state index is -5.66. The SMILES string of the molecule is C#CC#CC#C[Si](C#CC#CC#C)(C#CC#CC#C)O[SiH2]CC[Si](C)(C)O[Si](CCCOC(=O)C(=C)C)(O[Si](C)(C)CC[SiH2]O[Si](C#CC#CC#C)(C#CC#CC#C)C#CC#CC#C)O[Si](C)(C)CC[Si](O[Si](C#CC#CC#C)(C#CC#CC#C)C#CC#CC#C)(O[Si](C#CC#CC#C)(C#CC#CC#C)C#CC#CC#C)O[Si](C#CC#CC#C)(C#CC#CC#C)C#CC#CC#C. The van der Waals surface area contributed by atoms with E-state index in [1.165, 1.54) is 6.92 Å². The van der Waals surface area contributed by atoms with Crippen molar-refractivity contribution in [2.75, 3.05) is 6.61 Å². The van der Waals surface area contributed by atoms with Crippen LogP contribution in [-0.4, -0.2) is 116 Å². The zero-order valence-electron chi connectivity index (χ0n) is 71.7. The van der Waals surface area contributed by atoms with Gasteiger partial charge in [0.1, 0.15) is 19.5 Å². The van der Waals surface area contributed by atoms with Crippen LogP contribution in [0.2, 0.25) is 81.6 Å². The van der Waals surface area contributed by atoms with Gasteiger partial charge in [-0.25, -0.2) is 4.79 Å². The first kappa shape index (κ1) is 113. The standard InChI is InChI=1S/C109H60O10Si12/c1-24-39-54-69-88-125(89-70-55-40-25-2,90-71-56-41-26-3)112-120-86-104-122(18,19)114-130(103-84-85-111-109(110)108(16)17,115-123(20,21)105-87-121-113-126(91-72-57-42-27-4,92-73-58-43-28-5)93-74-59-44-29-6)116-124(22,23)106-107-131(117-127(94-75-60-45-30-7,95-76-61-46-31-8)96-77-62-47-32-9,118-128(97-78-63-48-33-10,98-79-64-49-34-11)99-80-65-50-35-12)119-129(100-81-66-51-36-13,101-82-67-52-37-14)102-83-68-53-38-15/h1-15H,16,84-87,103-107,120-121H2,17-23H3. The van der Waals surface area contributed by atoms with Gasteiger partial charge in [-0.1, -0.05) is 89.7 Å². The maximum Gasteiger partial charge on any atom is 0.475 e. The third kappa shape index (κ3) is 52.7. The van der Waals surface area contributed by atoms with Crippen molar-refractivity contribution >= 4 is 110 Å². The Bertz CT molecular complexity index is 6300. The van der Waals surface area contributed by atoms with E-state index >= 15 is 0 Å². The molecule has 0 atom stereocenters. The molecule has 0 fully saturated rings. The number of carbonyl (C=O) groups excluding carboxylic acids is 1. The van der Waals surface area contributed by atoms with E-state index in [0.717, 1.165) is 0 Å². The monoisotopic (exact) mass is 1860 g/mol. The van der Waals surface area contributed by atoms with Gasteiger partial charge in [0.05, 0.1) is 6.61 Å². The molecule has 0 saturated carbocycles. The average molecular weight is 1870 g/mol. The first-order valence-electron chi connectivity index (χ1n) is 36.6. The quantitative estimate of drug-likeness (QED) is 0.0350. The number of terminal acetylenes is 15. The maximum absolute atomic E-state index is 13.4. The predicted octanol–water partition coefficient (Wildman–Crippen LogP) is 3.54. The summed E-state index contributed by atoms with van der Waals surface area (Å²) in [5, 5.41) is 0. The van der Waals surface area contributed by atoms with Crippen LogP contribution in [0.1, 0.15) is 13.3 Å². The van der Waals surface area contributed by atoms with Crippen LogP contribution < -0.4 is 0 Å². The summed E-state index contributed by atoms with van der Waals surface area (Å²) in [7, 11) is -47.0. The molecular formula is C109H60O10Si12. The Morgan fingerprint density at radius 1 is 0.237 bits per heavy atom. The Labute approximate surface area is 794 Å². The molecule has 10 nitrogen and oxygen atoms in total. The Kier molecular flexibility index (Phi) is 57.8. The lowest BCUT2D eigenvalue weighted by atomic mass is 10.4. The van der Waals surface area contributed by atoms with Gasteiger partial charge in [0, 0.05) is 17.7 Å². The topological polar surface area (TPSA) is 100 Å². The summed E-state index contributed by atoms with van der Waals surface area (Å²) in [6.45, 7) is 16.7. The highest BCUT2D eigenvalue weighted by Gasteiger charge is 2.60. The van der Waals surface area contributed by atoms with E-state index in [1.807, 2.05) is 39.3 Å². The van der Waals surface area contributed by atoms with E-state index in [4.69, 9.17) is 134 Å². The second-order valence-electron chi connectivity index (χ2n) is 24.8. The molecule has 0 N–H and O–H groups in total. The fourth-order valence-electron chi connectivity index (χ4n) is 8.74. The van der Waals surface area contributed by atoms with Gasteiger partial charge in [-0.15, -0.1) is 96.4 Å². The average Bonchev–Trinajstić information content (AvgIpc) is 0.759. The number of ether oxygens (including phenoxy) is 1. The minimum Gasteiger partial charge on any atom is -0.462 e. The third-order valence-electron chi connectivity index (χ3n) is 13.5. The van der Waals surface area contributed by atoms with Crippen LogP contribution in [0.25, 0.3) is 0 Å². The Balaban J connectivity index is 11.5. The van der Waals surface area contributed by atoms with E-state index < -0.39 is 116 Å². The minimum absolute atomic E-state index is 0.0416. The van der Waals surface area contributed by atoms with Gasteiger partial charge in [0.25, 0.3) is 0 Å². The fourth-order valence-corrected chi connectivity index (χ4v) is 55.2. The van der Waals surface area contributed by atoms with E-state index in [9.17, 15) is 4.79 Å². The second-order valence-corrected chi connectivity index (χ2v) is 60.5. The summed E-state index contributed by atoms with van der Waals surface area (Å²) in [6.07, 6.45) is 83.9. The molecular weight excluding hydrogens is 1810 g/mol. The van der Waals surface area contributed by atoms with Gasteiger partial charge >= 0.3 is 65.2 Å². The normalized spacial score (nSPS) is 8.89. The molecule has 22 heteroatoms. The molecule has 0 aliphatic heterocycles.